The molecule has 5 nitrogen and oxygen atoms in total. The lowest BCUT2D eigenvalue weighted by molar-refractivity contribution is 0.212. The maximum absolute atomic E-state index is 11.9. The quantitative estimate of drug-likeness (QED) is 0.619. The van der Waals surface area contributed by atoms with Gasteiger partial charge in [0, 0.05) is 12.6 Å². The minimum absolute atomic E-state index is 0.127. The summed E-state index contributed by atoms with van der Waals surface area (Å²) in [5.41, 5.74) is 0. The summed E-state index contributed by atoms with van der Waals surface area (Å²) in [7, 11) is -3.34. The zero-order chi connectivity index (χ0) is 12.0. The predicted molar refractivity (Wildman–Crippen MR) is 61.5 cm³/mol. The van der Waals surface area contributed by atoms with E-state index in [1.54, 1.807) is 0 Å². The van der Waals surface area contributed by atoms with Gasteiger partial charge in [0.2, 0.25) is 10.0 Å². The van der Waals surface area contributed by atoms with Crippen molar-refractivity contribution in [3.8, 4) is 0 Å². The lowest BCUT2D eigenvalue weighted by Crippen LogP contribution is -2.43. The SMILES string of the molecule is O=S(=O)(NC(CO)CCO)C1CCCCC1. The van der Waals surface area contributed by atoms with Crippen molar-refractivity contribution in [2.45, 2.75) is 49.8 Å². The summed E-state index contributed by atoms with van der Waals surface area (Å²) < 4.78 is 26.3. The van der Waals surface area contributed by atoms with Crippen LogP contribution in [0.15, 0.2) is 0 Å². The van der Waals surface area contributed by atoms with E-state index in [2.05, 4.69) is 4.72 Å². The molecule has 1 fully saturated rings. The van der Waals surface area contributed by atoms with E-state index in [1.807, 2.05) is 0 Å². The largest absolute Gasteiger partial charge is 0.396 e. The molecule has 0 amide bonds. The smallest absolute Gasteiger partial charge is 0.214 e. The molecular formula is C10H21NO4S. The number of aliphatic hydroxyl groups excluding tert-OH is 2. The van der Waals surface area contributed by atoms with E-state index in [9.17, 15) is 8.42 Å². The van der Waals surface area contributed by atoms with Gasteiger partial charge >= 0.3 is 0 Å². The van der Waals surface area contributed by atoms with Gasteiger partial charge in [0.25, 0.3) is 0 Å². The second-order valence-corrected chi connectivity index (χ2v) is 6.31. The van der Waals surface area contributed by atoms with Gasteiger partial charge in [0.1, 0.15) is 0 Å². The fourth-order valence-corrected chi connectivity index (χ4v) is 3.85. The van der Waals surface area contributed by atoms with Crippen molar-refractivity contribution in [3.63, 3.8) is 0 Å². The van der Waals surface area contributed by atoms with Gasteiger partial charge in [-0.15, -0.1) is 0 Å². The van der Waals surface area contributed by atoms with Crippen molar-refractivity contribution in [2.24, 2.45) is 0 Å². The third-order valence-corrected chi connectivity index (χ3v) is 5.03. The van der Waals surface area contributed by atoms with Crippen molar-refractivity contribution in [2.75, 3.05) is 13.2 Å². The fraction of sp³-hybridized carbons (Fsp3) is 1.00. The van der Waals surface area contributed by atoms with Crippen LogP contribution in [-0.4, -0.2) is 43.1 Å². The molecule has 0 aliphatic heterocycles. The maximum Gasteiger partial charge on any atom is 0.214 e. The third kappa shape index (κ3) is 4.01. The van der Waals surface area contributed by atoms with Crippen LogP contribution < -0.4 is 4.72 Å². The predicted octanol–water partition coefficient (Wildman–Crippen LogP) is -0.0182. The number of nitrogens with one attached hydrogen (secondary N) is 1. The van der Waals surface area contributed by atoms with E-state index in [4.69, 9.17) is 10.2 Å². The molecule has 16 heavy (non-hydrogen) atoms. The lowest BCUT2D eigenvalue weighted by Gasteiger charge is -2.24. The molecule has 1 rings (SSSR count). The second-order valence-electron chi connectivity index (χ2n) is 4.31. The Morgan fingerprint density at radius 2 is 1.81 bits per heavy atom. The highest BCUT2D eigenvalue weighted by atomic mass is 32.2. The summed E-state index contributed by atoms with van der Waals surface area (Å²) in [5.74, 6) is 0. The van der Waals surface area contributed by atoms with Gasteiger partial charge in [-0.3, -0.25) is 0 Å². The molecule has 0 aromatic rings. The molecule has 1 saturated carbocycles. The van der Waals surface area contributed by atoms with E-state index in [0.29, 0.717) is 12.8 Å². The molecule has 1 atom stereocenters. The molecule has 3 N–H and O–H groups in total. The average Bonchev–Trinajstić information content (AvgIpc) is 2.29. The van der Waals surface area contributed by atoms with Gasteiger partial charge < -0.3 is 10.2 Å². The highest BCUT2D eigenvalue weighted by Gasteiger charge is 2.28. The van der Waals surface area contributed by atoms with Crippen molar-refractivity contribution in [1.29, 1.82) is 0 Å². The van der Waals surface area contributed by atoms with Crippen LogP contribution >= 0.6 is 0 Å². The van der Waals surface area contributed by atoms with E-state index >= 15 is 0 Å². The van der Waals surface area contributed by atoms with E-state index in [1.165, 1.54) is 0 Å². The van der Waals surface area contributed by atoms with Crippen LogP contribution in [0.4, 0.5) is 0 Å². The van der Waals surface area contributed by atoms with Gasteiger partial charge in [-0.05, 0) is 19.3 Å². The molecule has 96 valence electrons. The molecule has 1 aliphatic rings. The number of rotatable bonds is 6. The van der Waals surface area contributed by atoms with E-state index in [-0.39, 0.29) is 24.9 Å². The number of hydrogen-bond donors (Lipinski definition) is 3. The highest BCUT2D eigenvalue weighted by Crippen LogP contribution is 2.23. The zero-order valence-electron chi connectivity index (χ0n) is 9.43. The summed E-state index contributed by atoms with van der Waals surface area (Å²) in [5, 5.41) is 17.4. The molecule has 0 heterocycles. The monoisotopic (exact) mass is 251 g/mol. The topological polar surface area (TPSA) is 86.6 Å². The first-order chi connectivity index (χ1) is 7.60. The molecule has 0 spiro atoms. The van der Waals surface area contributed by atoms with Crippen LogP contribution in [0.5, 0.6) is 0 Å². The Hall–Kier alpha value is -0.170. The van der Waals surface area contributed by atoms with Gasteiger partial charge in [0.05, 0.1) is 11.9 Å². The number of sulfonamides is 1. The highest BCUT2D eigenvalue weighted by molar-refractivity contribution is 7.90. The second kappa shape index (κ2) is 6.54. The molecule has 0 aromatic heterocycles. The first-order valence-corrected chi connectivity index (χ1v) is 7.37. The van der Waals surface area contributed by atoms with Crippen molar-refractivity contribution in [3.05, 3.63) is 0 Å². The van der Waals surface area contributed by atoms with Crippen molar-refractivity contribution < 1.29 is 18.6 Å². The molecule has 0 saturated heterocycles. The summed E-state index contributed by atoms with van der Waals surface area (Å²) in [6.07, 6.45) is 4.67. The first-order valence-electron chi connectivity index (χ1n) is 5.83. The molecule has 1 unspecified atom stereocenters. The van der Waals surface area contributed by atoms with Gasteiger partial charge in [0.15, 0.2) is 0 Å². The Morgan fingerprint density at radius 1 is 1.19 bits per heavy atom. The fourth-order valence-electron chi connectivity index (χ4n) is 2.05. The number of hydrogen-bond acceptors (Lipinski definition) is 4. The minimum Gasteiger partial charge on any atom is -0.396 e. The Kier molecular flexibility index (Phi) is 5.68. The molecule has 0 radical (unpaired) electrons. The van der Waals surface area contributed by atoms with Gasteiger partial charge in [-0.25, -0.2) is 13.1 Å². The van der Waals surface area contributed by atoms with Crippen molar-refractivity contribution >= 4 is 10.0 Å². The summed E-state index contributed by atoms with van der Waals surface area (Å²) >= 11 is 0. The molecule has 1 aliphatic carbocycles. The van der Waals surface area contributed by atoms with Crippen molar-refractivity contribution in [1.82, 2.24) is 4.72 Å². The molecule has 6 heteroatoms. The normalized spacial score (nSPS) is 20.9. The van der Waals surface area contributed by atoms with Crippen LogP contribution in [-0.2, 0) is 10.0 Å². The first kappa shape index (κ1) is 13.9. The van der Waals surface area contributed by atoms with E-state index < -0.39 is 16.1 Å². The molecular weight excluding hydrogens is 230 g/mol. The van der Waals surface area contributed by atoms with Crippen LogP contribution in [0.1, 0.15) is 38.5 Å². The Bertz CT molecular complexity index is 285. The van der Waals surface area contributed by atoms with Crippen LogP contribution in [0.3, 0.4) is 0 Å². The number of aliphatic hydroxyl groups is 2. The Labute approximate surface area is 96.9 Å². The zero-order valence-corrected chi connectivity index (χ0v) is 10.2. The Morgan fingerprint density at radius 3 is 2.31 bits per heavy atom. The van der Waals surface area contributed by atoms with Crippen LogP contribution in [0.25, 0.3) is 0 Å². The summed E-state index contributed by atoms with van der Waals surface area (Å²) in [6.45, 7) is -0.398. The third-order valence-electron chi connectivity index (χ3n) is 3.02. The van der Waals surface area contributed by atoms with Gasteiger partial charge in [-0.1, -0.05) is 19.3 Å². The van der Waals surface area contributed by atoms with Crippen LogP contribution in [0, 0.1) is 0 Å². The Balaban J connectivity index is 2.54. The van der Waals surface area contributed by atoms with Gasteiger partial charge in [-0.2, -0.15) is 0 Å². The van der Waals surface area contributed by atoms with Crippen LogP contribution in [0.2, 0.25) is 0 Å². The lowest BCUT2D eigenvalue weighted by atomic mass is 10.0. The maximum atomic E-state index is 11.9. The van der Waals surface area contributed by atoms with E-state index in [0.717, 1.165) is 19.3 Å². The molecule has 0 aromatic carbocycles. The molecule has 0 bridgehead atoms. The standard InChI is InChI=1S/C10H21NO4S/c12-7-6-9(8-13)11-16(14,15)10-4-2-1-3-5-10/h9-13H,1-8H2. The average molecular weight is 251 g/mol. The summed E-state index contributed by atoms with van der Waals surface area (Å²) in [4.78, 5) is 0. The minimum atomic E-state index is -3.34. The summed E-state index contributed by atoms with van der Waals surface area (Å²) in [6, 6.07) is -0.558.